The van der Waals surface area contributed by atoms with Gasteiger partial charge in [0.05, 0.1) is 29.8 Å². The van der Waals surface area contributed by atoms with E-state index in [9.17, 15) is 4.79 Å². The summed E-state index contributed by atoms with van der Waals surface area (Å²) < 4.78 is 1.72. The Balaban J connectivity index is 1.65. The molecular weight excluding hydrogens is 356 g/mol. The summed E-state index contributed by atoms with van der Waals surface area (Å²) in [6.45, 7) is 4.15. The van der Waals surface area contributed by atoms with Crippen molar-refractivity contribution in [3.63, 3.8) is 0 Å². The van der Waals surface area contributed by atoms with E-state index in [1.54, 1.807) is 23.1 Å². The van der Waals surface area contributed by atoms with Crippen LogP contribution in [0, 0.1) is 19.3 Å². The Morgan fingerprint density at radius 1 is 1.21 bits per heavy atom. The average Bonchev–Trinajstić information content (AvgIpc) is 2.98. The number of anilines is 3. The lowest BCUT2D eigenvalue weighted by Gasteiger charge is -2.12. The van der Waals surface area contributed by atoms with E-state index in [4.69, 9.17) is 5.41 Å². The number of aryl methyl sites for hydroxylation is 3. The summed E-state index contributed by atoms with van der Waals surface area (Å²) in [5, 5.41) is 20.5. The molecule has 0 aromatic carbocycles. The molecule has 9 nitrogen and oxygen atoms in total. The molecule has 3 aromatic rings. The fraction of sp³-hybridized carbons (Fsp3) is 0.211. The molecule has 9 heteroatoms. The Hall–Kier alpha value is -3.75. The van der Waals surface area contributed by atoms with Crippen LogP contribution in [0.25, 0.3) is 0 Å². The number of carbonyl (C=O) groups excluding carboxylic acids is 1. The summed E-state index contributed by atoms with van der Waals surface area (Å²) in [5.74, 6) is 0.355. The molecule has 0 aliphatic rings. The van der Waals surface area contributed by atoms with E-state index in [1.165, 1.54) is 6.21 Å². The van der Waals surface area contributed by atoms with Gasteiger partial charge in [-0.2, -0.15) is 5.10 Å². The van der Waals surface area contributed by atoms with E-state index in [2.05, 4.69) is 31.0 Å². The van der Waals surface area contributed by atoms with Crippen LogP contribution in [-0.4, -0.2) is 32.0 Å². The predicted octanol–water partition coefficient (Wildman–Crippen LogP) is 2.89. The second-order valence-electron chi connectivity index (χ2n) is 6.32. The molecule has 0 saturated heterocycles. The highest BCUT2D eigenvalue weighted by Gasteiger charge is 2.09. The number of urea groups is 1. The molecule has 0 unspecified atom stereocenters. The zero-order valence-corrected chi connectivity index (χ0v) is 15.9. The van der Waals surface area contributed by atoms with E-state index in [0.29, 0.717) is 23.6 Å². The third-order valence-corrected chi connectivity index (χ3v) is 4.04. The number of hydrogen-bond donors (Lipinski definition) is 4. The largest absolute Gasteiger partial charge is 0.354 e. The second kappa shape index (κ2) is 8.30. The van der Waals surface area contributed by atoms with Crippen LogP contribution in [-0.2, 0) is 13.6 Å². The van der Waals surface area contributed by atoms with Gasteiger partial charge in [0.25, 0.3) is 0 Å². The molecule has 0 aliphatic carbocycles. The van der Waals surface area contributed by atoms with Gasteiger partial charge in [-0.15, -0.1) is 0 Å². The summed E-state index contributed by atoms with van der Waals surface area (Å²) in [4.78, 5) is 20.6. The van der Waals surface area contributed by atoms with Gasteiger partial charge in [-0.05, 0) is 38.1 Å². The first kappa shape index (κ1) is 19.0. The molecule has 0 aliphatic heterocycles. The lowest BCUT2D eigenvalue weighted by molar-refractivity contribution is 0.251. The molecule has 2 amide bonds. The fourth-order valence-corrected chi connectivity index (χ4v) is 2.70. The van der Waals surface area contributed by atoms with Gasteiger partial charge in [-0.1, -0.05) is 0 Å². The van der Waals surface area contributed by atoms with Crippen LogP contribution in [0.15, 0.2) is 36.7 Å². The molecule has 3 heterocycles. The van der Waals surface area contributed by atoms with Gasteiger partial charge in [0.1, 0.15) is 5.82 Å². The van der Waals surface area contributed by atoms with E-state index in [-0.39, 0.29) is 6.03 Å². The Bertz CT molecular complexity index is 1010. The second-order valence-corrected chi connectivity index (χ2v) is 6.32. The van der Waals surface area contributed by atoms with Crippen LogP contribution in [0.2, 0.25) is 0 Å². The van der Waals surface area contributed by atoms with Crippen LogP contribution in [0.5, 0.6) is 0 Å². The molecule has 4 N–H and O–H groups in total. The number of carbonyl (C=O) groups is 1. The summed E-state index contributed by atoms with van der Waals surface area (Å²) >= 11 is 0. The maximum absolute atomic E-state index is 12.1. The van der Waals surface area contributed by atoms with Gasteiger partial charge in [-0.3, -0.25) is 15.0 Å². The molecule has 0 saturated carbocycles. The van der Waals surface area contributed by atoms with E-state index in [1.807, 2.05) is 39.1 Å². The Morgan fingerprint density at radius 2 is 2.04 bits per heavy atom. The summed E-state index contributed by atoms with van der Waals surface area (Å²) in [5.41, 5.74) is 4.78. The van der Waals surface area contributed by atoms with E-state index in [0.717, 1.165) is 22.8 Å². The highest BCUT2D eigenvalue weighted by Crippen LogP contribution is 2.21. The monoisotopic (exact) mass is 378 g/mol. The van der Waals surface area contributed by atoms with Crippen LogP contribution in [0.3, 0.4) is 0 Å². The summed E-state index contributed by atoms with van der Waals surface area (Å²) in [6, 6.07) is 6.89. The van der Waals surface area contributed by atoms with Gasteiger partial charge in [0.15, 0.2) is 0 Å². The number of aromatic nitrogens is 4. The zero-order chi connectivity index (χ0) is 20.1. The molecule has 3 rings (SSSR count). The maximum atomic E-state index is 12.1. The van der Waals surface area contributed by atoms with Crippen molar-refractivity contribution in [2.75, 3.05) is 10.6 Å². The summed E-state index contributed by atoms with van der Waals surface area (Å²) in [6.07, 6.45) is 4.50. The quantitative estimate of drug-likeness (QED) is 0.492. The molecular formula is C19H22N8O. The lowest BCUT2D eigenvalue weighted by Crippen LogP contribution is -2.29. The molecule has 28 heavy (non-hydrogen) atoms. The fourth-order valence-electron chi connectivity index (χ4n) is 2.70. The molecule has 0 fully saturated rings. The first-order valence-corrected chi connectivity index (χ1v) is 8.69. The number of nitrogens with one attached hydrogen (secondary N) is 4. The van der Waals surface area contributed by atoms with E-state index < -0.39 is 0 Å². The Morgan fingerprint density at radius 3 is 2.71 bits per heavy atom. The topological polar surface area (TPSA) is 121 Å². The Kier molecular flexibility index (Phi) is 5.64. The zero-order valence-electron chi connectivity index (χ0n) is 15.9. The van der Waals surface area contributed by atoms with Crippen molar-refractivity contribution in [2.24, 2.45) is 7.05 Å². The molecule has 3 aromatic heterocycles. The van der Waals surface area contributed by atoms with Crippen LogP contribution in [0.4, 0.5) is 22.0 Å². The minimum absolute atomic E-state index is 0.349. The number of amides is 2. The van der Waals surface area contributed by atoms with E-state index >= 15 is 0 Å². The molecule has 0 bridgehead atoms. The highest BCUT2D eigenvalue weighted by atomic mass is 16.2. The van der Waals surface area contributed by atoms with Crippen molar-refractivity contribution in [3.05, 3.63) is 59.3 Å². The SMILES string of the molecule is Cc1cc(Nc2cnc(NC(=O)NCc3cc(C)nn3C)cc2C=N)ccn1. The van der Waals surface area contributed by atoms with Crippen LogP contribution in [0.1, 0.15) is 22.6 Å². The minimum atomic E-state index is -0.382. The highest BCUT2D eigenvalue weighted by molar-refractivity contribution is 5.92. The number of pyridine rings is 2. The number of rotatable bonds is 6. The maximum Gasteiger partial charge on any atom is 0.320 e. The van der Waals surface area contributed by atoms with Crippen LogP contribution < -0.4 is 16.0 Å². The van der Waals surface area contributed by atoms with Crippen molar-refractivity contribution in [2.45, 2.75) is 20.4 Å². The average molecular weight is 378 g/mol. The predicted molar refractivity (Wildman–Crippen MR) is 108 cm³/mol. The van der Waals surface area contributed by atoms with Crippen molar-refractivity contribution in [1.82, 2.24) is 25.1 Å². The molecule has 0 radical (unpaired) electrons. The molecule has 144 valence electrons. The first-order valence-electron chi connectivity index (χ1n) is 8.69. The molecule has 0 spiro atoms. The lowest BCUT2D eigenvalue weighted by atomic mass is 10.2. The van der Waals surface area contributed by atoms with Gasteiger partial charge in [0.2, 0.25) is 0 Å². The van der Waals surface area contributed by atoms with Crippen LogP contribution >= 0.6 is 0 Å². The third-order valence-electron chi connectivity index (χ3n) is 4.04. The normalized spacial score (nSPS) is 10.4. The number of nitrogens with zero attached hydrogens (tertiary/aromatic N) is 4. The minimum Gasteiger partial charge on any atom is -0.354 e. The van der Waals surface area contributed by atoms with Crippen molar-refractivity contribution < 1.29 is 4.79 Å². The van der Waals surface area contributed by atoms with Gasteiger partial charge >= 0.3 is 6.03 Å². The third kappa shape index (κ3) is 4.70. The standard InChI is InChI=1S/C19H22N8O/c1-12-6-15(4-5-21-12)24-17-11-22-18(8-14(17)9-20)25-19(28)23-10-16-7-13(2)26-27(16)3/h4-9,11,20H,10H2,1-3H3,(H,21,24)(H2,22,23,25,28). The smallest absolute Gasteiger partial charge is 0.320 e. The summed E-state index contributed by atoms with van der Waals surface area (Å²) in [7, 11) is 1.83. The van der Waals surface area contributed by atoms with Crippen molar-refractivity contribution in [1.29, 1.82) is 5.41 Å². The van der Waals surface area contributed by atoms with Gasteiger partial charge in [0, 0.05) is 36.4 Å². The molecule has 0 atom stereocenters. The van der Waals surface area contributed by atoms with Gasteiger partial charge in [-0.25, -0.2) is 9.78 Å². The Labute approximate surface area is 162 Å². The van der Waals surface area contributed by atoms with Crippen molar-refractivity contribution >= 4 is 29.4 Å². The van der Waals surface area contributed by atoms with Gasteiger partial charge < -0.3 is 16.0 Å². The number of hydrogen-bond acceptors (Lipinski definition) is 6. The first-order chi connectivity index (χ1) is 13.4. The van der Waals surface area contributed by atoms with Crippen molar-refractivity contribution in [3.8, 4) is 0 Å².